The molecule has 5 heteroatoms. The second-order valence-electron chi connectivity index (χ2n) is 2.43. The fraction of sp³-hybridized carbons (Fsp3) is 0.125. The predicted octanol–water partition coefficient (Wildman–Crippen LogP) is 1.63. The van der Waals surface area contributed by atoms with Gasteiger partial charge in [-0.3, -0.25) is 4.79 Å². The Kier molecular flexibility index (Phi) is 3.11. The zero-order chi connectivity index (χ0) is 9.84. The van der Waals surface area contributed by atoms with Crippen LogP contribution in [-0.2, 0) is 4.79 Å². The van der Waals surface area contributed by atoms with Crippen LogP contribution < -0.4 is 5.73 Å². The van der Waals surface area contributed by atoms with E-state index in [9.17, 15) is 9.70 Å². The Morgan fingerprint density at radius 2 is 2.08 bits per heavy atom. The highest BCUT2D eigenvalue weighted by Crippen LogP contribution is 2.21. The van der Waals surface area contributed by atoms with Gasteiger partial charge >= 0.3 is 5.91 Å². The van der Waals surface area contributed by atoms with E-state index in [1.165, 1.54) is 0 Å². The van der Waals surface area contributed by atoms with Gasteiger partial charge in [-0.15, -0.1) is 4.91 Å². The molecule has 1 amide bonds. The zero-order valence-corrected chi connectivity index (χ0v) is 7.36. The molecule has 2 N–H and O–H groups in total. The summed E-state index contributed by atoms with van der Waals surface area (Å²) in [6, 6.07) is 5.49. The molecule has 0 aliphatic heterocycles. The molecule has 0 radical (unpaired) electrons. The fourth-order valence-corrected chi connectivity index (χ4v) is 1.17. The fourth-order valence-electron chi connectivity index (χ4n) is 0.917. The molecule has 0 aromatic heterocycles. The molecule has 68 valence electrons. The summed E-state index contributed by atoms with van der Waals surface area (Å²) in [6.07, 6.45) is 0. The van der Waals surface area contributed by atoms with Gasteiger partial charge < -0.3 is 5.73 Å². The van der Waals surface area contributed by atoms with Crippen molar-refractivity contribution in [3.05, 3.63) is 39.8 Å². The third kappa shape index (κ3) is 2.11. The molecule has 0 bridgehead atoms. The highest BCUT2D eigenvalue weighted by atomic mass is 35.5. The van der Waals surface area contributed by atoms with Crippen LogP contribution in [0.4, 0.5) is 0 Å². The quantitative estimate of drug-likeness (QED) is 0.735. The smallest absolute Gasteiger partial charge is 0.307 e. The van der Waals surface area contributed by atoms with Crippen LogP contribution in [0.2, 0.25) is 5.02 Å². The number of carbonyl (C=O) groups excluding carboxylic acids is 1. The SMILES string of the molecule is N[C@@H](C(=O)N=O)c1ccccc1Cl. The van der Waals surface area contributed by atoms with Crippen molar-refractivity contribution in [1.82, 2.24) is 0 Å². The number of nitrogens with zero attached hydrogens (tertiary/aromatic N) is 1. The Labute approximate surface area is 79.7 Å². The summed E-state index contributed by atoms with van der Waals surface area (Å²) in [5.74, 6) is -0.923. The molecule has 0 saturated carbocycles. The first-order chi connectivity index (χ1) is 6.16. The van der Waals surface area contributed by atoms with Gasteiger partial charge in [-0.2, -0.15) is 0 Å². The van der Waals surface area contributed by atoms with E-state index in [0.29, 0.717) is 10.6 Å². The van der Waals surface area contributed by atoms with E-state index in [-0.39, 0.29) is 0 Å². The lowest BCUT2D eigenvalue weighted by molar-refractivity contribution is -0.119. The summed E-state index contributed by atoms with van der Waals surface area (Å²) in [6.45, 7) is 0. The third-order valence-electron chi connectivity index (χ3n) is 1.60. The summed E-state index contributed by atoms with van der Waals surface area (Å²) >= 11 is 5.74. The van der Waals surface area contributed by atoms with E-state index in [1.807, 2.05) is 0 Å². The van der Waals surface area contributed by atoms with Crippen LogP contribution in [-0.4, -0.2) is 5.91 Å². The van der Waals surface area contributed by atoms with Gasteiger partial charge in [0.1, 0.15) is 6.04 Å². The van der Waals surface area contributed by atoms with Crippen LogP contribution in [0.1, 0.15) is 11.6 Å². The molecule has 0 aliphatic rings. The van der Waals surface area contributed by atoms with E-state index in [4.69, 9.17) is 17.3 Å². The number of amides is 1. The van der Waals surface area contributed by atoms with Crippen molar-refractivity contribution < 1.29 is 4.79 Å². The van der Waals surface area contributed by atoms with Gasteiger partial charge in [-0.25, -0.2) is 0 Å². The minimum absolute atomic E-state index is 0.354. The molecule has 0 fully saturated rings. The molecule has 1 atom stereocenters. The molecule has 0 unspecified atom stereocenters. The van der Waals surface area contributed by atoms with Gasteiger partial charge in [0.05, 0.1) is 0 Å². The number of halogens is 1. The molecule has 0 spiro atoms. The monoisotopic (exact) mass is 198 g/mol. The zero-order valence-electron chi connectivity index (χ0n) is 6.61. The Morgan fingerprint density at radius 3 is 2.62 bits per heavy atom. The van der Waals surface area contributed by atoms with E-state index >= 15 is 0 Å². The van der Waals surface area contributed by atoms with Crippen LogP contribution in [0, 0.1) is 4.91 Å². The van der Waals surface area contributed by atoms with E-state index in [0.717, 1.165) is 0 Å². The Morgan fingerprint density at radius 1 is 1.46 bits per heavy atom. The Bertz CT molecular complexity index is 341. The number of rotatable bonds is 2. The average molecular weight is 199 g/mol. The second kappa shape index (κ2) is 4.11. The lowest BCUT2D eigenvalue weighted by Gasteiger charge is -2.07. The summed E-state index contributed by atoms with van der Waals surface area (Å²) in [7, 11) is 0. The molecule has 0 aliphatic carbocycles. The first-order valence-electron chi connectivity index (χ1n) is 3.54. The molecule has 4 nitrogen and oxygen atoms in total. The topological polar surface area (TPSA) is 72.5 Å². The number of nitroso groups, excluding NO2 is 1. The van der Waals surface area contributed by atoms with Gasteiger partial charge in [0, 0.05) is 10.2 Å². The van der Waals surface area contributed by atoms with Crippen molar-refractivity contribution in [3.8, 4) is 0 Å². The van der Waals surface area contributed by atoms with Crippen LogP contribution in [0.5, 0.6) is 0 Å². The minimum Gasteiger partial charge on any atom is -0.316 e. The van der Waals surface area contributed by atoms with Crippen LogP contribution >= 0.6 is 11.6 Å². The molecular formula is C8H7ClN2O2. The van der Waals surface area contributed by atoms with Crippen LogP contribution in [0.3, 0.4) is 0 Å². The number of hydrogen-bond donors (Lipinski definition) is 1. The maximum absolute atomic E-state index is 10.8. The molecule has 1 aromatic rings. The summed E-state index contributed by atoms with van der Waals surface area (Å²) < 4.78 is 0. The third-order valence-corrected chi connectivity index (χ3v) is 1.94. The first-order valence-corrected chi connectivity index (χ1v) is 3.92. The van der Waals surface area contributed by atoms with Crippen molar-refractivity contribution in [2.75, 3.05) is 0 Å². The van der Waals surface area contributed by atoms with Crippen molar-refractivity contribution in [2.24, 2.45) is 10.9 Å². The summed E-state index contributed by atoms with van der Waals surface area (Å²) in [4.78, 5) is 20.7. The van der Waals surface area contributed by atoms with Crippen LogP contribution in [0.15, 0.2) is 29.4 Å². The van der Waals surface area contributed by atoms with Crippen LogP contribution in [0.25, 0.3) is 0 Å². The van der Waals surface area contributed by atoms with Gasteiger partial charge in [0.15, 0.2) is 0 Å². The first kappa shape index (κ1) is 9.83. The Hall–Kier alpha value is -1.26. The minimum atomic E-state index is -1.06. The highest BCUT2D eigenvalue weighted by molar-refractivity contribution is 6.31. The summed E-state index contributed by atoms with van der Waals surface area (Å²) in [5, 5.41) is 2.59. The van der Waals surface area contributed by atoms with E-state index in [2.05, 4.69) is 5.18 Å². The normalized spacial score (nSPS) is 12.2. The van der Waals surface area contributed by atoms with Gasteiger partial charge in [-0.05, 0) is 11.6 Å². The molecule has 1 aromatic carbocycles. The van der Waals surface area contributed by atoms with Gasteiger partial charge in [0.25, 0.3) is 0 Å². The van der Waals surface area contributed by atoms with Crippen molar-refractivity contribution >= 4 is 17.5 Å². The largest absolute Gasteiger partial charge is 0.316 e. The number of benzene rings is 1. The van der Waals surface area contributed by atoms with E-state index < -0.39 is 11.9 Å². The predicted molar refractivity (Wildman–Crippen MR) is 49.2 cm³/mol. The second-order valence-corrected chi connectivity index (χ2v) is 2.84. The Balaban J connectivity index is 3.01. The lowest BCUT2D eigenvalue weighted by Crippen LogP contribution is -2.19. The maximum atomic E-state index is 10.8. The number of nitrogens with two attached hydrogens (primary N) is 1. The highest BCUT2D eigenvalue weighted by Gasteiger charge is 2.18. The van der Waals surface area contributed by atoms with Crippen molar-refractivity contribution in [2.45, 2.75) is 6.04 Å². The van der Waals surface area contributed by atoms with E-state index in [1.54, 1.807) is 24.3 Å². The number of carbonyl (C=O) groups is 1. The standard InChI is InChI=1S/C8H7ClN2O2/c9-6-4-2-1-3-5(6)7(10)8(12)11-13/h1-4,7H,10H2/t7-/m1/s1. The average Bonchev–Trinajstić information content (AvgIpc) is 2.16. The van der Waals surface area contributed by atoms with Crippen molar-refractivity contribution in [1.29, 1.82) is 0 Å². The summed E-state index contributed by atoms with van der Waals surface area (Å²) in [5.41, 5.74) is 5.83. The van der Waals surface area contributed by atoms with Gasteiger partial charge in [-0.1, -0.05) is 29.8 Å². The van der Waals surface area contributed by atoms with Gasteiger partial charge in [0.2, 0.25) is 0 Å². The molecular weight excluding hydrogens is 192 g/mol. The molecule has 0 heterocycles. The molecule has 0 saturated heterocycles. The molecule has 13 heavy (non-hydrogen) atoms. The maximum Gasteiger partial charge on any atom is 0.307 e. The number of hydrogen-bond acceptors (Lipinski definition) is 3. The van der Waals surface area contributed by atoms with Crippen molar-refractivity contribution in [3.63, 3.8) is 0 Å². The molecule has 1 rings (SSSR count). The lowest BCUT2D eigenvalue weighted by atomic mass is 10.1.